The second-order valence-electron chi connectivity index (χ2n) is 7.62. The van der Waals surface area contributed by atoms with Gasteiger partial charge in [0.25, 0.3) is 0 Å². The number of likely N-dealkylation sites (N-methyl/N-ethyl adjacent to an activating group) is 1. The molecule has 1 saturated heterocycles. The Hall–Kier alpha value is -2.26. The number of anilines is 1. The monoisotopic (exact) mass is 370 g/mol. The van der Waals surface area contributed by atoms with Crippen molar-refractivity contribution in [3.8, 4) is 11.8 Å². The van der Waals surface area contributed by atoms with Gasteiger partial charge in [0.15, 0.2) is 0 Å². The predicted molar refractivity (Wildman–Crippen MR) is 106 cm³/mol. The van der Waals surface area contributed by atoms with Gasteiger partial charge in [0, 0.05) is 38.9 Å². The molecule has 1 saturated carbocycles. The van der Waals surface area contributed by atoms with Crippen LogP contribution in [0.4, 0.5) is 5.69 Å². The Balaban J connectivity index is 1.52. The number of methoxy groups -OCH3 is 1. The summed E-state index contributed by atoms with van der Waals surface area (Å²) >= 11 is 0. The molecule has 6 heteroatoms. The van der Waals surface area contributed by atoms with E-state index < -0.39 is 5.54 Å². The average Bonchev–Trinajstić information content (AvgIpc) is 2.74. The van der Waals surface area contributed by atoms with Gasteiger partial charge in [-0.2, -0.15) is 5.26 Å². The van der Waals surface area contributed by atoms with Gasteiger partial charge in [-0.1, -0.05) is 19.3 Å². The maximum Gasteiger partial charge on any atom is 0.237 e. The minimum absolute atomic E-state index is 0.0661. The van der Waals surface area contributed by atoms with E-state index in [0.717, 1.165) is 57.6 Å². The summed E-state index contributed by atoms with van der Waals surface area (Å²) in [5.74, 6) is 0.927. The number of nitriles is 1. The van der Waals surface area contributed by atoms with E-state index in [4.69, 9.17) is 4.74 Å². The first-order valence-corrected chi connectivity index (χ1v) is 9.87. The van der Waals surface area contributed by atoms with Crippen molar-refractivity contribution in [3.05, 3.63) is 24.3 Å². The highest BCUT2D eigenvalue weighted by Gasteiger charge is 2.39. The molecule has 0 radical (unpaired) electrons. The van der Waals surface area contributed by atoms with Crippen molar-refractivity contribution in [2.75, 3.05) is 51.8 Å². The lowest BCUT2D eigenvalue weighted by Gasteiger charge is -2.41. The number of carbonyl (C=O) groups is 1. The number of nitrogens with zero attached hydrogens (tertiary/aromatic N) is 4. The van der Waals surface area contributed by atoms with Gasteiger partial charge in [-0.15, -0.1) is 0 Å². The zero-order valence-corrected chi connectivity index (χ0v) is 16.5. The van der Waals surface area contributed by atoms with Crippen LogP contribution in [-0.4, -0.2) is 68.1 Å². The molecular formula is C21H30N4O2. The molecule has 3 rings (SSSR count). The molecule has 6 nitrogen and oxygen atoms in total. The Bertz CT molecular complexity index is 668. The number of hydrogen-bond donors (Lipinski definition) is 0. The summed E-state index contributed by atoms with van der Waals surface area (Å²) in [4.78, 5) is 19.1. The van der Waals surface area contributed by atoms with E-state index in [0.29, 0.717) is 6.54 Å². The summed E-state index contributed by atoms with van der Waals surface area (Å²) in [5, 5.41) is 9.69. The topological polar surface area (TPSA) is 59.8 Å². The van der Waals surface area contributed by atoms with E-state index in [1.54, 1.807) is 12.0 Å². The Morgan fingerprint density at radius 1 is 1.15 bits per heavy atom. The molecule has 0 unspecified atom stereocenters. The number of carbonyl (C=O) groups excluding carboxylic acids is 1. The molecule has 1 aliphatic heterocycles. The standard InChI is InChI=1S/C21H30N4O2/c1-23(21(17-22)10-4-3-5-11-21)20(26)16-24-12-14-25(15-13-24)18-6-8-19(27-2)9-7-18/h6-9H,3-5,10-16H2,1-2H3. The molecule has 0 aromatic heterocycles. The fourth-order valence-electron chi connectivity index (χ4n) is 4.15. The van der Waals surface area contributed by atoms with Gasteiger partial charge < -0.3 is 14.5 Å². The average molecular weight is 370 g/mol. The minimum atomic E-state index is -0.597. The second-order valence-corrected chi connectivity index (χ2v) is 7.62. The Morgan fingerprint density at radius 2 is 1.78 bits per heavy atom. The predicted octanol–water partition coefficient (Wildman–Crippen LogP) is 2.50. The lowest BCUT2D eigenvalue weighted by Crippen LogP contribution is -2.55. The van der Waals surface area contributed by atoms with Gasteiger partial charge in [-0.25, -0.2) is 0 Å². The van der Waals surface area contributed by atoms with Crippen molar-refractivity contribution >= 4 is 11.6 Å². The summed E-state index contributed by atoms with van der Waals surface area (Å²) in [5.41, 5.74) is 0.588. The minimum Gasteiger partial charge on any atom is -0.497 e. The molecular weight excluding hydrogens is 340 g/mol. The van der Waals surface area contributed by atoms with Crippen LogP contribution in [0.1, 0.15) is 32.1 Å². The molecule has 2 fully saturated rings. The lowest BCUT2D eigenvalue weighted by molar-refractivity contribution is -0.136. The SMILES string of the molecule is COc1ccc(N2CCN(CC(=O)N(C)C3(C#N)CCCCC3)CC2)cc1. The fraction of sp³-hybridized carbons (Fsp3) is 0.619. The lowest BCUT2D eigenvalue weighted by atomic mass is 9.81. The molecule has 0 spiro atoms. The number of ether oxygens (including phenoxy) is 1. The van der Waals surface area contributed by atoms with Gasteiger partial charge >= 0.3 is 0 Å². The zero-order chi connectivity index (χ0) is 19.3. The van der Waals surface area contributed by atoms with Crippen LogP contribution in [-0.2, 0) is 4.79 Å². The fourth-order valence-corrected chi connectivity index (χ4v) is 4.15. The van der Waals surface area contributed by atoms with Crippen molar-refractivity contribution in [2.45, 2.75) is 37.6 Å². The number of amides is 1. The third kappa shape index (κ3) is 4.36. The summed E-state index contributed by atoms with van der Waals surface area (Å²) in [6, 6.07) is 10.6. The first kappa shape index (κ1) is 19.5. The molecule has 1 aromatic rings. The molecule has 146 valence electrons. The Morgan fingerprint density at radius 3 is 2.33 bits per heavy atom. The van der Waals surface area contributed by atoms with Crippen molar-refractivity contribution in [2.24, 2.45) is 0 Å². The van der Waals surface area contributed by atoms with Crippen LogP contribution in [0, 0.1) is 11.3 Å². The highest BCUT2D eigenvalue weighted by molar-refractivity contribution is 5.79. The third-order valence-electron chi connectivity index (χ3n) is 6.07. The zero-order valence-electron chi connectivity index (χ0n) is 16.5. The number of rotatable bonds is 5. The molecule has 2 aliphatic rings. The summed E-state index contributed by atoms with van der Waals surface area (Å²) in [7, 11) is 3.48. The molecule has 27 heavy (non-hydrogen) atoms. The maximum absolute atomic E-state index is 12.8. The van der Waals surface area contributed by atoms with E-state index in [1.807, 2.05) is 19.2 Å². The summed E-state index contributed by atoms with van der Waals surface area (Å²) in [6.07, 6.45) is 4.84. The second kappa shape index (κ2) is 8.62. The van der Waals surface area contributed by atoms with Crippen molar-refractivity contribution in [1.29, 1.82) is 5.26 Å². The normalized spacial score (nSPS) is 20.0. The van der Waals surface area contributed by atoms with Gasteiger partial charge in [-0.05, 0) is 37.1 Å². The van der Waals surface area contributed by atoms with Crippen molar-refractivity contribution < 1.29 is 9.53 Å². The van der Waals surface area contributed by atoms with Gasteiger partial charge in [0.1, 0.15) is 11.3 Å². The summed E-state index contributed by atoms with van der Waals surface area (Å²) < 4.78 is 5.22. The van der Waals surface area contributed by atoms with Crippen LogP contribution in [0.15, 0.2) is 24.3 Å². The number of hydrogen-bond acceptors (Lipinski definition) is 5. The first-order valence-electron chi connectivity index (χ1n) is 9.87. The highest BCUT2D eigenvalue weighted by Crippen LogP contribution is 2.32. The Kier molecular flexibility index (Phi) is 6.22. The quantitative estimate of drug-likeness (QED) is 0.797. The largest absolute Gasteiger partial charge is 0.497 e. The maximum atomic E-state index is 12.8. The van der Waals surface area contributed by atoms with E-state index in [9.17, 15) is 10.1 Å². The number of benzene rings is 1. The van der Waals surface area contributed by atoms with Crippen LogP contribution in [0.2, 0.25) is 0 Å². The van der Waals surface area contributed by atoms with Crippen molar-refractivity contribution in [1.82, 2.24) is 9.80 Å². The molecule has 1 heterocycles. The van der Waals surface area contributed by atoms with Crippen LogP contribution in [0.25, 0.3) is 0 Å². The van der Waals surface area contributed by atoms with Crippen LogP contribution >= 0.6 is 0 Å². The van der Waals surface area contributed by atoms with E-state index in [2.05, 4.69) is 28.0 Å². The van der Waals surface area contributed by atoms with Gasteiger partial charge in [-0.3, -0.25) is 9.69 Å². The molecule has 1 amide bonds. The summed E-state index contributed by atoms with van der Waals surface area (Å²) in [6.45, 7) is 3.89. The third-order valence-corrected chi connectivity index (χ3v) is 6.07. The van der Waals surface area contributed by atoms with Crippen LogP contribution < -0.4 is 9.64 Å². The van der Waals surface area contributed by atoms with Crippen LogP contribution in [0.5, 0.6) is 5.75 Å². The molecule has 0 N–H and O–H groups in total. The molecule has 0 atom stereocenters. The first-order chi connectivity index (χ1) is 13.1. The molecule has 0 bridgehead atoms. The highest BCUT2D eigenvalue weighted by atomic mass is 16.5. The van der Waals surface area contributed by atoms with E-state index in [-0.39, 0.29) is 5.91 Å². The van der Waals surface area contributed by atoms with Crippen molar-refractivity contribution in [3.63, 3.8) is 0 Å². The van der Waals surface area contributed by atoms with E-state index >= 15 is 0 Å². The number of piperazine rings is 1. The smallest absolute Gasteiger partial charge is 0.237 e. The Labute approximate surface area is 162 Å². The molecule has 1 aliphatic carbocycles. The molecule has 1 aromatic carbocycles. The van der Waals surface area contributed by atoms with E-state index in [1.165, 1.54) is 12.1 Å². The van der Waals surface area contributed by atoms with Crippen LogP contribution in [0.3, 0.4) is 0 Å². The van der Waals surface area contributed by atoms with Gasteiger partial charge in [0.05, 0.1) is 19.7 Å². The van der Waals surface area contributed by atoms with Gasteiger partial charge in [0.2, 0.25) is 5.91 Å².